The molecule has 2 N–H and O–H groups in total. The van der Waals surface area contributed by atoms with E-state index in [1.165, 1.54) is 30.3 Å². The minimum Gasteiger partial charge on any atom is -0.462 e. The molecular formula is C17H20N2O4S. The highest BCUT2D eigenvalue weighted by atomic mass is 32.2. The zero-order valence-corrected chi connectivity index (χ0v) is 14.6. The number of nitrogens with one attached hydrogen (secondary N) is 2. The first kappa shape index (κ1) is 18.0. The Balaban J connectivity index is 2.01. The van der Waals surface area contributed by atoms with Gasteiger partial charge in [0.15, 0.2) is 0 Å². The summed E-state index contributed by atoms with van der Waals surface area (Å²) >= 11 is 0. The first-order valence-corrected chi connectivity index (χ1v) is 8.92. The molecule has 6 nitrogen and oxygen atoms in total. The van der Waals surface area contributed by atoms with Crippen LogP contribution in [0.1, 0.15) is 25.4 Å². The van der Waals surface area contributed by atoms with Gasteiger partial charge in [0.05, 0.1) is 4.90 Å². The monoisotopic (exact) mass is 348 g/mol. The summed E-state index contributed by atoms with van der Waals surface area (Å²) in [5, 5.41) is 2.66. The van der Waals surface area contributed by atoms with E-state index in [4.69, 9.17) is 4.42 Å². The average molecular weight is 348 g/mol. The van der Waals surface area contributed by atoms with Gasteiger partial charge < -0.3 is 9.73 Å². The second-order valence-corrected chi connectivity index (χ2v) is 7.29. The topological polar surface area (TPSA) is 88.4 Å². The summed E-state index contributed by atoms with van der Waals surface area (Å²) in [6.07, 6.45) is 2.91. The summed E-state index contributed by atoms with van der Waals surface area (Å²) in [5.74, 6) is 1.02. The van der Waals surface area contributed by atoms with Crippen LogP contribution in [-0.4, -0.2) is 20.4 Å². The molecule has 1 heterocycles. The van der Waals surface area contributed by atoms with Crippen molar-refractivity contribution in [3.05, 3.63) is 54.0 Å². The molecule has 0 aliphatic heterocycles. The van der Waals surface area contributed by atoms with Crippen LogP contribution in [0.25, 0.3) is 6.08 Å². The van der Waals surface area contributed by atoms with Crippen molar-refractivity contribution in [2.24, 2.45) is 0 Å². The number of amides is 1. The molecule has 7 heteroatoms. The van der Waals surface area contributed by atoms with Gasteiger partial charge in [0, 0.05) is 17.8 Å². The fourth-order valence-electron chi connectivity index (χ4n) is 1.98. The lowest BCUT2D eigenvalue weighted by Crippen LogP contribution is -2.30. The maximum absolute atomic E-state index is 12.0. The SMILES string of the molecule is Cc1ccc(/C=C/C(=O)Nc2ccc(S(=O)(=O)NC(C)C)cc2)o1. The van der Waals surface area contributed by atoms with Gasteiger partial charge in [-0.25, -0.2) is 13.1 Å². The predicted molar refractivity (Wildman–Crippen MR) is 93.0 cm³/mol. The molecule has 0 spiro atoms. The molecule has 24 heavy (non-hydrogen) atoms. The molecule has 0 saturated heterocycles. The smallest absolute Gasteiger partial charge is 0.248 e. The molecular weight excluding hydrogens is 328 g/mol. The van der Waals surface area contributed by atoms with Crippen molar-refractivity contribution in [1.82, 2.24) is 4.72 Å². The number of aryl methyl sites for hydroxylation is 1. The van der Waals surface area contributed by atoms with Crippen molar-refractivity contribution in [2.75, 3.05) is 5.32 Å². The van der Waals surface area contributed by atoms with Gasteiger partial charge in [-0.05, 0) is 63.2 Å². The van der Waals surface area contributed by atoms with E-state index >= 15 is 0 Å². The number of carbonyl (C=O) groups excluding carboxylic acids is 1. The van der Waals surface area contributed by atoms with E-state index in [-0.39, 0.29) is 16.8 Å². The average Bonchev–Trinajstić information content (AvgIpc) is 2.90. The third-order valence-electron chi connectivity index (χ3n) is 2.98. The van der Waals surface area contributed by atoms with Crippen molar-refractivity contribution in [1.29, 1.82) is 0 Å². The Hall–Kier alpha value is -2.38. The Labute approximate surface area is 141 Å². The zero-order valence-electron chi connectivity index (χ0n) is 13.7. The maximum Gasteiger partial charge on any atom is 0.248 e. The normalized spacial score (nSPS) is 12.0. The highest BCUT2D eigenvalue weighted by molar-refractivity contribution is 7.89. The van der Waals surface area contributed by atoms with Crippen LogP contribution in [0.4, 0.5) is 5.69 Å². The molecule has 2 aromatic rings. The third-order valence-corrected chi connectivity index (χ3v) is 4.66. The molecule has 0 radical (unpaired) electrons. The fraction of sp³-hybridized carbons (Fsp3) is 0.235. The molecule has 0 unspecified atom stereocenters. The molecule has 0 bridgehead atoms. The van der Waals surface area contributed by atoms with Crippen molar-refractivity contribution in [3.8, 4) is 0 Å². The van der Waals surface area contributed by atoms with Gasteiger partial charge in [-0.2, -0.15) is 0 Å². The number of benzene rings is 1. The molecule has 0 atom stereocenters. The molecule has 1 amide bonds. The lowest BCUT2D eigenvalue weighted by atomic mass is 10.3. The Bertz CT molecular complexity index is 834. The molecule has 2 rings (SSSR count). The third kappa shape index (κ3) is 5.07. The number of anilines is 1. The quantitative estimate of drug-likeness (QED) is 0.786. The van der Waals surface area contributed by atoms with E-state index in [2.05, 4.69) is 10.0 Å². The standard InChI is InChI=1S/C17H20N2O4S/c1-12(2)19-24(21,22)16-9-5-14(6-10-16)18-17(20)11-8-15-7-4-13(3)23-15/h4-12,19H,1-3H3,(H,18,20)/b11-8+. The highest BCUT2D eigenvalue weighted by Gasteiger charge is 2.14. The Morgan fingerprint density at radius 3 is 2.33 bits per heavy atom. The molecule has 0 fully saturated rings. The lowest BCUT2D eigenvalue weighted by molar-refractivity contribution is -0.111. The fourth-order valence-corrected chi connectivity index (χ4v) is 3.23. The Kier molecular flexibility index (Phi) is 5.58. The maximum atomic E-state index is 12.0. The Morgan fingerprint density at radius 2 is 1.79 bits per heavy atom. The molecule has 1 aromatic carbocycles. The number of hydrogen-bond acceptors (Lipinski definition) is 4. The van der Waals surface area contributed by atoms with E-state index in [0.717, 1.165) is 5.76 Å². The number of rotatable bonds is 6. The summed E-state index contributed by atoms with van der Waals surface area (Å²) in [5.41, 5.74) is 0.503. The van der Waals surface area contributed by atoms with Crippen LogP contribution in [0, 0.1) is 6.92 Å². The minimum atomic E-state index is -3.54. The van der Waals surface area contributed by atoms with Crippen LogP contribution >= 0.6 is 0 Å². The van der Waals surface area contributed by atoms with Gasteiger partial charge in [0.25, 0.3) is 0 Å². The van der Waals surface area contributed by atoms with E-state index in [0.29, 0.717) is 11.4 Å². The minimum absolute atomic E-state index is 0.149. The number of furan rings is 1. The van der Waals surface area contributed by atoms with Crippen LogP contribution < -0.4 is 10.0 Å². The van der Waals surface area contributed by atoms with Gasteiger partial charge in [0.1, 0.15) is 11.5 Å². The number of sulfonamides is 1. The zero-order chi connectivity index (χ0) is 17.7. The first-order valence-electron chi connectivity index (χ1n) is 7.44. The number of hydrogen-bond donors (Lipinski definition) is 2. The molecule has 128 valence electrons. The second kappa shape index (κ2) is 7.46. The van der Waals surface area contributed by atoms with E-state index in [1.54, 1.807) is 26.0 Å². The van der Waals surface area contributed by atoms with Crippen molar-refractivity contribution in [3.63, 3.8) is 0 Å². The van der Waals surface area contributed by atoms with Crippen LogP contribution in [0.15, 0.2) is 51.8 Å². The van der Waals surface area contributed by atoms with Crippen LogP contribution in [0.3, 0.4) is 0 Å². The first-order chi connectivity index (χ1) is 11.3. The summed E-state index contributed by atoms with van der Waals surface area (Å²) in [6, 6.07) is 9.35. The van der Waals surface area contributed by atoms with Crippen LogP contribution in [-0.2, 0) is 14.8 Å². The molecule has 0 aliphatic carbocycles. The van der Waals surface area contributed by atoms with Gasteiger partial charge in [-0.15, -0.1) is 0 Å². The van der Waals surface area contributed by atoms with E-state index in [1.807, 2.05) is 13.0 Å². The summed E-state index contributed by atoms with van der Waals surface area (Å²) in [4.78, 5) is 12.0. The van der Waals surface area contributed by atoms with Gasteiger partial charge in [0.2, 0.25) is 15.9 Å². The Morgan fingerprint density at radius 1 is 1.12 bits per heavy atom. The van der Waals surface area contributed by atoms with Gasteiger partial charge in [-0.1, -0.05) is 0 Å². The predicted octanol–water partition coefficient (Wildman–Crippen LogP) is 2.93. The largest absolute Gasteiger partial charge is 0.462 e. The molecule has 0 saturated carbocycles. The van der Waals surface area contributed by atoms with Crippen LogP contribution in [0.2, 0.25) is 0 Å². The van der Waals surface area contributed by atoms with E-state index in [9.17, 15) is 13.2 Å². The summed E-state index contributed by atoms with van der Waals surface area (Å²) in [6.45, 7) is 5.32. The van der Waals surface area contributed by atoms with Gasteiger partial charge >= 0.3 is 0 Å². The lowest BCUT2D eigenvalue weighted by Gasteiger charge is -2.10. The number of carbonyl (C=O) groups is 1. The molecule has 1 aromatic heterocycles. The van der Waals surface area contributed by atoms with Crippen molar-refractivity contribution < 1.29 is 17.6 Å². The second-order valence-electron chi connectivity index (χ2n) is 5.57. The molecule has 0 aliphatic rings. The summed E-state index contributed by atoms with van der Waals surface area (Å²) < 4.78 is 31.9. The van der Waals surface area contributed by atoms with E-state index < -0.39 is 10.0 Å². The summed E-state index contributed by atoms with van der Waals surface area (Å²) in [7, 11) is -3.54. The van der Waals surface area contributed by atoms with Gasteiger partial charge in [-0.3, -0.25) is 4.79 Å². The van der Waals surface area contributed by atoms with Crippen molar-refractivity contribution in [2.45, 2.75) is 31.7 Å². The van der Waals surface area contributed by atoms with Crippen molar-refractivity contribution >= 4 is 27.7 Å². The highest BCUT2D eigenvalue weighted by Crippen LogP contribution is 2.15. The van der Waals surface area contributed by atoms with Crippen LogP contribution in [0.5, 0.6) is 0 Å².